The van der Waals surface area contributed by atoms with E-state index in [1.807, 2.05) is 30.3 Å². The maximum absolute atomic E-state index is 12.4. The molecule has 2 aliphatic rings. The van der Waals surface area contributed by atoms with Crippen LogP contribution in [0.1, 0.15) is 31.7 Å². The topological polar surface area (TPSA) is 95.6 Å². The van der Waals surface area contributed by atoms with Gasteiger partial charge in [-0.15, -0.1) is 0 Å². The molecule has 2 aliphatic heterocycles. The molecule has 1 aromatic rings. The smallest absolute Gasteiger partial charge is 0.322 e. The number of nitrogens with one attached hydrogen (secondary N) is 2. The molecule has 132 valence electrons. The zero-order valence-electron chi connectivity index (χ0n) is 14.1. The minimum atomic E-state index is -0.811. The third kappa shape index (κ3) is 3.26. The molecule has 3 rings (SSSR count). The van der Waals surface area contributed by atoms with Crippen molar-refractivity contribution in [1.82, 2.24) is 15.5 Å². The number of likely N-dealkylation sites (tertiary alicyclic amines) is 1. The first-order valence-corrected chi connectivity index (χ1v) is 8.38. The van der Waals surface area contributed by atoms with Crippen LogP contribution in [-0.2, 0) is 19.8 Å². The summed E-state index contributed by atoms with van der Waals surface area (Å²) >= 11 is 0. The van der Waals surface area contributed by atoms with Crippen molar-refractivity contribution in [3.63, 3.8) is 0 Å². The first-order chi connectivity index (χ1) is 11.9. The molecule has 7 nitrogen and oxygen atoms in total. The van der Waals surface area contributed by atoms with Crippen LogP contribution in [0.4, 0.5) is 4.79 Å². The van der Waals surface area contributed by atoms with Gasteiger partial charge in [0.1, 0.15) is 11.8 Å². The largest absolute Gasteiger partial charge is 0.343 e. The van der Waals surface area contributed by atoms with Crippen LogP contribution in [0, 0.1) is 0 Å². The van der Waals surface area contributed by atoms with Crippen molar-refractivity contribution in [2.24, 2.45) is 0 Å². The number of carbonyl (C=O) groups is 4. The van der Waals surface area contributed by atoms with Gasteiger partial charge in [-0.3, -0.25) is 19.7 Å². The van der Waals surface area contributed by atoms with Crippen molar-refractivity contribution in [2.75, 3.05) is 13.1 Å². The highest BCUT2D eigenvalue weighted by Crippen LogP contribution is 2.36. The second-order valence-electron chi connectivity index (χ2n) is 6.60. The van der Waals surface area contributed by atoms with Gasteiger partial charge in [0.25, 0.3) is 5.91 Å². The average molecular weight is 343 g/mol. The molecule has 0 bridgehead atoms. The van der Waals surface area contributed by atoms with Crippen molar-refractivity contribution in [3.05, 3.63) is 35.9 Å². The number of amides is 4. The Hall–Kier alpha value is -2.70. The molecule has 4 amide bonds. The number of Topliss-reactive ketones (excluding diaryl/α,β-unsaturated/α-hetero) is 1. The van der Waals surface area contributed by atoms with Gasteiger partial charge in [-0.05, 0) is 25.3 Å². The fourth-order valence-electron chi connectivity index (χ4n) is 3.65. The molecular weight excluding hydrogens is 322 g/mol. The number of nitrogens with zero attached hydrogens (tertiary/aromatic N) is 1. The summed E-state index contributed by atoms with van der Waals surface area (Å²) in [5.41, 5.74) is 0.425. The lowest BCUT2D eigenvalue weighted by Crippen LogP contribution is -2.49. The molecule has 0 unspecified atom stereocenters. The van der Waals surface area contributed by atoms with Crippen molar-refractivity contribution in [2.45, 2.75) is 37.6 Å². The Morgan fingerprint density at radius 3 is 2.32 bits per heavy atom. The number of piperidine rings is 1. The Morgan fingerprint density at radius 2 is 1.80 bits per heavy atom. The molecule has 0 spiro atoms. The molecule has 2 saturated heterocycles. The highest BCUT2D eigenvalue weighted by atomic mass is 16.2. The number of rotatable bonds is 4. The van der Waals surface area contributed by atoms with Gasteiger partial charge in [0.2, 0.25) is 5.91 Å². The molecule has 7 heteroatoms. The van der Waals surface area contributed by atoms with Gasteiger partial charge >= 0.3 is 6.03 Å². The minimum Gasteiger partial charge on any atom is -0.343 e. The summed E-state index contributed by atoms with van der Waals surface area (Å²) in [6.07, 6.45) is 1.05. The normalized spacial score (nSPS) is 22.3. The summed E-state index contributed by atoms with van der Waals surface area (Å²) in [6.45, 7) is 2.51. The summed E-state index contributed by atoms with van der Waals surface area (Å²) in [4.78, 5) is 49.2. The molecule has 2 fully saturated rings. The number of hydrogen-bond acceptors (Lipinski definition) is 4. The van der Waals surface area contributed by atoms with E-state index in [4.69, 9.17) is 0 Å². The Labute approximate surface area is 145 Å². The van der Waals surface area contributed by atoms with Gasteiger partial charge in [-0.1, -0.05) is 30.3 Å². The highest BCUT2D eigenvalue weighted by molar-refractivity contribution is 6.05. The van der Waals surface area contributed by atoms with Gasteiger partial charge in [0, 0.05) is 13.1 Å². The molecule has 0 aromatic heterocycles. The van der Waals surface area contributed by atoms with E-state index in [0.717, 1.165) is 5.56 Å². The van der Waals surface area contributed by atoms with Crippen molar-refractivity contribution in [3.8, 4) is 0 Å². The number of ketones is 1. The minimum absolute atomic E-state index is 0.0595. The van der Waals surface area contributed by atoms with E-state index in [9.17, 15) is 19.2 Å². The maximum Gasteiger partial charge on any atom is 0.322 e. The third-order valence-electron chi connectivity index (χ3n) is 5.21. The number of hydrogen-bond donors (Lipinski definition) is 2. The quantitative estimate of drug-likeness (QED) is 0.788. The van der Waals surface area contributed by atoms with Crippen LogP contribution in [0.5, 0.6) is 0 Å². The lowest BCUT2D eigenvalue weighted by molar-refractivity contribution is -0.137. The van der Waals surface area contributed by atoms with Gasteiger partial charge in [-0.25, -0.2) is 4.79 Å². The fourth-order valence-corrected chi connectivity index (χ4v) is 3.65. The van der Waals surface area contributed by atoms with Crippen molar-refractivity contribution >= 4 is 23.6 Å². The van der Waals surface area contributed by atoms with E-state index < -0.39 is 23.4 Å². The third-order valence-corrected chi connectivity index (χ3v) is 5.21. The zero-order chi connectivity index (χ0) is 18.0. The molecule has 2 heterocycles. The van der Waals surface area contributed by atoms with Crippen molar-refractivity contribution < 1.29 is 19.2 Å². The Kier molecular flexibility index (Phi) is 4.57. The van der Waals surface area contributed by atoms with Crippen LogP contribution < -0.4 is 10.6 Å². The van der Waals surface area contributed by atoms with E-state index in [1.165, 1.54) is 0 Å². The van der Waals surface area contributed by atoms with Gasteiger partial charge < -0.3 is 10.2 Å². The summed E-state index contributed by atoms with van der Waals surface area (Å²) < 4.78 is 0. The number of imide groups is 1. The van der Waals surface area contributed by atoms with Crippen LogP contribution in [0.15, 0.2) is 30.3 Å². The average Bonchev–Trinajstić information content (AvgIpc) is 2.92. The first-order valence-electron chi connectivity index (χ1n) is 8.38. The lowest BCUT2D eigenvalue weighted by atomic mass is 9.70. The predicted molar refractivity (Wildman–Crippen MR) is 89.7 cm³/mol. The lowest BCUT2D eigenvalue weighted by Gasteiger charge is -2.40. The molecule has 25 heavy (non-hydrogen) atoms. The van der Waals surface area contributed by atoms with E-state index in [-0.39, 0.29) is 18.1 Å². The van der Waals surface area contributed by atoms with E-state index in [0.29, 0.717) is 25.9 Å². The van der Waals surface area contributed by atoms with E-state index in [1.54, 1.807) is 11.8 Å². The molecule has 1 atom stereocenters. The van der Waals surface area contributed by atoms with E-state index >= 15 is 0 Å². The van der Waals surface area contributed by atoms with Crippen molar-refractivity contribution in [1.29, 1.82) is 0 Å². The number of carbonyl (C=O) groups excluding carboxylic acids is 4. The highest BCUT2D eigenvalue weighted by Gasteiger charge is 2.42. The summed E-state index contributed by atoms with van der Waals surface area (Å²) in [7, 11) is 0. The second kappa shape index (κ2) is 6.66. The summed E-state index contributed by atoms with van der Waals surface area (Å²) in [5, 5.41) is 4.55. The molecule has 0 radical (unpaired) electrons. The molecule has 2 N–H and O–H groups in total. The molecule has 0 saturated carbocycles. The van der Waals surface area contributed by atoms with Crippen LogP contribution in [0.25, 0.3) is 0 Å². The fraction of sp³-hybridized carbons (Fsp3) is 0.444. The standard InChI is InChI=1S/C18H21N3O4/c1-12(22)18(13-5-3-2-4-6-13)7-9-21(10-8-18)15(23)11-14-16(24)20-17(25)19-14/h2-6,14H,7-11H2,1H3,(H2,19,20,24,25)/t14-/m1/s1. The van der Waals surface area contributed by atoms with Crippen LogP contribution in [0.3, 0.4) is 0 Å². The SMILES string of the molecule is CC(=O)C1(c2ccccc2)CCN(C(=O)C[C@H]2NC(=O)NC2=O)CC1. The van der Waals surface area contributed by atoms with Crippen LogP contribution >= 0.6 is 0 Å². The number of benzene rings is 1. The second-order valence-corrected chi connectivity index (χ2v) is 6.60. The Morgan fingerprint density at radius 1 is 1.16 bits per heavy atom. The predicted octanol–water partition coefficient (Wildman–Crippen LogP) is 0.734. The Bertz CT molecular complexity index is 708. The summed E-state index contributed by atoms with van der Waals surface area (Å²) in [6, 6.07) is 8.28. The molecular formula is C18H21N3O4. The molecule has 1 aromatic carbocycles. The first kappa shape index (κ1) is 17.1. The van der Waals surface area contributed by atoms with Crippen LogP contribution in [0.2, 0.25) is 0 Å². The monoisotopic (exact) mass is 343 g/mol. The maximum atomic E-state index is 12.4. The molecule has 0 aliphatic carbocycles. The van der Waals surface area contributed by atoms with Crippen LogP contribution in [-0.4, -0.2) is 47.7 Å². The zero-order valence-corrected chi connectivity index (χ0v) is 14.1. The van der Waals surface area contributed by atoms with E-state index in [2.05, 4.69) is 10.6 Å². The number of urea groups is 1. The summed E-state index contributed by atoms with van der Waals surface area (Å²) in [5.74, 6) is -0.557. The van der Waals surface area contributed by atoms with Gasteiger partial charge in [0.05, 0.1) is 11.8 Å². The van der Waals surface area contributed by atoms with Gasteiger partial charge in [-0.2, -0.15) is 0 Å². The Balaban J connectivity index is 1.66. The van der Waals surface area contributed by atoms with Gasteiger partial charge in [0.15, 0.2) is 0 Å².